The topological polar surface area (TPSA) is 93.6 Å². The number of nitrogens with one attached hydrogen (secondary N) is 1. The Labute approximate surface area is 174 Å². The van der Waals surface area contributed by atoms with Crippen molar-refractivity contribution in [1.29, 1.82) is 0 Å². The molecule has 4 rings (SSSR count). The molecule has 0 saturated carbocycles. The second-order valence-electron chi connectivity index (χ2n) is 6.96. The lowest BCUT2D eigenvalue weighted by molar-refractivity contribution is -0.115. The fourth-order valence-corrected chi connectivity index (χ4v) is 3.17. The smallest absolute Gasteiger partial charge is 0.230 e. The fourth-order valence-electron chi connectivity index (χ4n) is 3.17. The first-order chi connectivity index (χ1) is 14.6. The first-order valence-corrected chi connectivity index (χ1v) is 9.51. The minimum absolute atomic E-state index is 0.150. The van der Waals surface area contributed by atoms with Crippen LogP contribution < -0.4 is 5.32 Å². The van der Waals surface area contributed by atoms with Crippen molar-refractivity contribution in [2.45, 2.75) is 20.3 Å². The second kappa shape index (κ2) is 8.57. The lowest BCUT2D eigenvalue weighted by Crippen LogP contribution is -2.15. The SMILES string of the molecule is Cc1cc(-c2ncc(CC(=O)Nc3ccc(-c4cccnn4)cn3)cc2C)ccn1. The van der Waals surface area contributed by atoms with E-state index in [-0.39, 0.29) is 12.3 Å². The highest BCUT2D eigenvalue weighted by Gasteiger charge is 2.10. The van der Waals surface area contributed by atoms with Crippen LogP contribution in [0.25, 0.3) is 22.5 Å². The number of pyridine rings is 3. The molecule has 0 radical (unpaired) electrons. The van der Waals surface area contributed by atoms with E-state index in [0.717, 1.165) is 39.3 Å². The summed E-state index contributed by atoms with van der Waals surface area (Å²) in [6, 6.07) is 13.2. The van der Waals surface area contributed by atoms with Crippen molar-refractivity contribution in [3.63, 3.8) is 0 Å². The van der Waals surface area contributed by atoms with Crippen molar-refractivity contribution in [3.05, 3.63) is 84.1 Å². The van der Waals surface area contributed by atoms with Crippen LogP contribution >= 0.6 is 0 Å². The standard InChI is InChI=1S/C23H20N6O/c1-15-10-17(13-26-23(15)18-7-9-24-16(2)11-18)12-22(30)28-21-6-5-19(14-25-21)20-4-3-8-27-29-20/h3-11,13-14H,12H2,1-2H3,(H,25,28,30). The van der Waals surface area contributed by atoms with Gasteiger partial charge in [-0.15, -0.1) is 0 Å². The number of hydrogen-bond acceptors (Lipinski definition) is 6. The van der Waals surface area contributed by atoms with Crippen molar-refractivity contribution in [2.75, 3.05) is 5.32 Å². The van der Waals surface area contributed by atoms with E-state index < -0.39 is 0 Å². The van der Waals surface area contributed by atoms with Crippen LogP contribution in [0.15, 0.2) is 67.3 Å². The molecule has 4 heterocycles. The van der Waals surface area contributed by atoms with E-state index in [1.165, 1.54) is 0 Å². The quantitative estimate of drug-likeness (QED) is 0.552. The lowest BCUT2D eigenvalue weighted by atomic mass is 10.0. The molecule has 0 aromatic carbocycles. The predicted octanol–water partition coefficient (Wildman–Crippen LogP) is 3.79. The van der Waals surface area contributed by atoms with Gasteiger partial charge >= 0.3 is 0 Å². The number of hydrogen-bond donors (Lipinski definition) is 1. The van der Waals surface area contributed by atoms with Crippen LogP contribution in [0.5, 0.6) is 0 Å². The molecule has 4 aromatic heterocycles. The maximum atomic E-state index is 12.4. The molecule has 0 aliphatic rings. The van der Waals surface area contributed by atoms with Crippen LogP contribution in [0.2, 0.25) is 0 Å². The van der Waals surface area contributed by atoms with Gasteiger partial charge in [0, 0.05) is 41.6 Å². The van der Waals surface area contributed by atoms with Crippen LogP contribution in [0.3, 0.4) is 0 Å². The van der Waals surface area contributed by atoms with E-state index in [2.05, 4.69) is 30.5 Å². The molecular weight excluding hydrogens is 376 g/mol. The molecule has 1 amide bonds. The van der Waals surface area contributed by atoms with E-state index in [1.54, 1.807) is 30.9 Å². The number of aromatic nitrogens is 5. The molecule has 0 aliphatic carbocycles. The molecule has 0 aliphatic heterocycles. The number of carbonyl (C=O) groups excluding carboxylic acids is 1. The maximum Gasteiger partial charge on any atom is 0.230 e. The number of anilines is 1. The highest BCUT2D eigenvalue weighted by atomic mass is 16.1. The maximum absolute atomic E-state index is 12.4. The third-order valence-corrected chi connectivity index (χ3v) is 4.57. The third kappa shape index (κ3) is 4.52. The van der Waals surface area contributed by atoms with Gasteiger partial charge in [0.1, 0.15) is 5.82 Å². The number of carbonyl (C=O) groups is 1. The van der Waals surface area contributed by atoms with Crippen molar-refractivity contribution < 1.29 is 4.79 Å². The zero-order valence-corrected chi connectivity index (χ0v) is 16.7. The van der Waals surface area contributed by atoms with Crippen molar-refractivity contribution in [2.24, 2.45) is 0 Å². The van der Waals surface area contributed by atoms with Crippen LogP contribution in [0, 0.1) is 13.8 Å². The zero-order chi connectivity index (χ0) is 20.9. The molecule has 0 atom stereocenters. The summed E-state index contributed by atoms with van der Waals surface area (Å²) in [5.41, 5.74) is 6.27. The molecule has 0 bridgehead atoms. The van der Waals surface area contributed by atoms with E-state index in [1.807, 2.05) is 50.2 Å². The summed E-state index contributed by atoms with van der Waals surface area (Å²) < 4.78 is 0. The fraction of sp³-hybridized carbons (Fsp3) is 0.130. The number of aryl methyl sites for hydroxylation is 2. The third-order valence-electron chi connectivity index (χ3n) is 4.57. The van der Waals surface area contributed by atoms with Gasteiger partial charge in [-0.25, -0.2) is 4.98 Å². The molecule has 30 heavy (non-hydrogen) atoms. The van der Waals surface area contributed by atoms with Crippen LogP contribution in [-0.2, 0) is 11.2 Å². The van der Waals surface area contributed by atoms with E-state index in [4.69, 9.17) is 0 Å². The molecule has 4 aromatic rings. The largest absolute Gasteiger partial charge is 0.310 e. The van der Waals surface area contributed by atoms with Gasteiger partial charge in [-0.2, -0.15) is 10.2 Å². The Morgan fingerprint density at radius 3 is 2.53 bits per heavy atom. The summed E-state index contributed by atoms with van der Waals surface area (Å²) >= 11 is 0. The molecule has 0 spiro atoms. The zero-order valence-electron chi connectivity index (χ0n) is 16.7. The van der Waals surface area contributed by atoms with Gasteiger partial charge < -0.3 is 5.32 Å². The monoisotopic (exact) mass is 396 g/mol. The molecule has 1 N–H and O–H groups in total. The summed E-state index contributed by atoms with van der Waals surface area (Å²) in [6.07, 6.45) is 7.01. The highest BCUT2D eigenvalue weighted by molar-refractivity contribution is 5.91. The van der Waals surface area contributed by atoms with Gasteiger partial charge in [0.05, 0.1) is 17.8 Å². The summed E-state index contributed by atoms with van der Waals surface area (Å²) in [7, 11) is 0. The van der Waals surface area contributed by atoms with Gasteiger partial charge in [0.25, 0.3) is 0 Å². The van der Waals surface area contributed by atoms with E-state index in [9.17, 15) is 4.79 Å². The van der Waals surface area contributed by atoms with Gasteiger partial charge in [-0.1, -0.05) is 6.07 Å². The molecule has 0 fully saturated rings. The average molecular weight is 396 g/mol. The summed E-state index contributed by atoms with van der Waals surface area (Å²) in [5, 5.41) is 10.7. The van der Waals surface area contributed by atoms with E-state index >= 15 is 0 Å². The van der Waals surface area contributed by atoms with Gasteiger partial charge in [0.15, 0.2) is 0 Å². The number of rotatable bonds is 5. The predicted molar refractivity (Wildman–Crippen MR) is 115 cm³/mol. The molecule has 0 unspecified atom stereocenters. The normalized spacial score (nSPS) is 10.6. The van der Waals surface area contributed by atoms with Gasteiger partial charge in [-0.05, 0) is 61.4 Å². The summed E-state index contributed by atoms with van der Waals surface area (Å²) in [4.78, 5) is 25.5. The Balaban J connectivity index is 1.42. The number of amides is 1. The summed E-state index contributed by atoms with van der Waals surface area (Å²) in [6.45, 7) is 3.94. The van der Waals surface area contributed by atoms with E-state index in [0.29, 0.717) is 5.82 Å². The first-order valence-electron chi connectivity index (χ1n) is 9.51. The number of nitrogens with zero attached hydrogens (tertiary/aromatic N) is 5. The second-order valence-corrected chi connectivity index (χ2v) is 6.96. The Bertz CT molecular complexity index is 1180. The minimum Gasteiger partial charge on any atom is -0.310 e. The Morgan fingerprint density at radius 2 is 1.83 bits per heavy atom. The van der Waals surface area contributed by atoms with Crippen molar-refractivity contribution >= 4 is 11.7 Å². The average Bonchev–Trinajstić information content (AvgIpc) is 2.75. The van der Waals surface area contributed by atoms with Crippen molar-refractivity contribution in [1.82, 2.24) is 25.1 Å². The summed E-state index contributed by atoms with van der Waals surface area (Å²) in [5.74, 6) is 0.338. The Kier molecular flexibility index (Phi) is 5.52. The van der Waals surface area contributed by atoms with Crippen LogP contribution in [0.4, 0.5) is 5.82 Å². The van der Waals surface area contributed by atoms with Crippen molar-refractivity contribution in [3.8, 4) is 22.5 Å². The molecule has 7 heteroatoms. The van der Waals surface area contributed by atoms with Gasteiger partial charge in [0.2, 0.25) is 5.91 Å². The molecule has 148 valence electrons. The molecule has 0 saturated heterocycles. The Hall–Kier alpha value is -4.00. The van der Waals surface area contributed by atoms with Crippen LogP contribution in [-0.4, -0.2) is 31.1 Å². The Morgan fingerprint density at radius 1 is 0.933 bits per heavy atom. The highest BCUT2D eigenvalue weighted by Crippen LogP contribution is 2.22. The first kappa shape index (κ1) is 19.3. The van der Waals surface area contributed by atoms with Crippen LogP contribution in [0.1, 0.15) is 16.8 Å². The molecule has 7 nitrogen and oxygen atoms in total. The van der Waals surface area contributed by atoms with Gasteiger partial charge in [-0.3, -0.25) is 14.8 Å². The minimum atomic E-state index is -0.150. The molecular formula is C23H20N6O. The lowest BCUT2D eigenvalue weighted by Gasteiger charge is -2.09.